The van der Waals surface area contributed by atoms with Crippen molar-refractivity contribution in [3.63, 3.8) is 0 Å². The fourth-order valence-electron chi connectivity index (χ4n) is 1.88. The van der Waals surface area contributed by atoms with Crippen molar-refractivity contribution in [2.24, 2.45) is 0 Å². The second-order valence-corrected chi connectivity index (χ2v) is 7.07. The number of sulfonamides is 1. The lowest BCUT2D eigenvalue weighted by atomic mass is 10.1. The lowest BCUT2D eigenvalue weighted by molar-refractivity contribution is 0.149. The van der Waals surface area contributed by atoms with Gasteiger partial charge in [0.25, 0.3) is 0 Å². The van der Waals surface area contributed by atoms with E-state index in [2.05, 4.69) is 0 Å². The van der Waals surface area contributed by atoms with Gasteiger partial charge in [0, 0.05) is 25.2 Å². The van der Waals surface area contributed by atoms with Crippen LogP contribution in [0.1, 0.15) is 18.1 Å². The highest BCUT2D eigenvalue weighted by atomic mass is 35.5. The molecular weight excluding hydrogens is 302 g/mol. The van der Waals surface area contributed by atoms with Crippen LogP contribution in [0.5, 0.6) is 0 Å². The van der Waals surface area contributed by atoms with E-state index in [4.69, 9.17) is 16.3 Å². The molecule has 0 fully saturated rings. The zero-order valence-corrected chi connectivity index (χ0v) is 13.6. The molecule has 114 valence electrons. The fraction of sp³-hybridized carbons (Fsp3) is 0.538. The first-order chi connectivity index (χ1) is 9.25. The predicted octanol–water partition coefficient (Wildman–Crippen LogP) is 1.80. The van der Waals surface area contributed by atoms with Crippen LogP contribution in [0.25, 0.3) is 0 Å². The summed E-state index contributed by atoms with van der Waals surface area (Å²) in [5.74, 6) is 0. The zero-order valence-electron chi connectivity index (χ0n) is 12.1. The quantitative estimate of drug-likeness (QED) is 0.867. The molecule has 0 aliphatic heterocycles. The number of hydrogen-bond donors (Lipinski definition) is 1. The van der Waals surface area contributed by atoms with Gasteiger partial charge in [0.15, 0.2) is 0 Å². The molecule has 0 saturated heterocycles. The Morgan fingerprint density at radius 1 is 1.45 bits per heavy atom. The minimum atomic E-state index is -3.69. The van der Waals surface area contributed by atoms with E-state index in [1.54, 1.807) is 19.9 Å². The van der Waals surface area contributed by atoms with Crippen LogP contribution >= 0.6 is 11.6 Å². The highest BCUT2D eigenvalue weighted by molar-refractivity contribution is 7.89. The summed E-state index contributed by atoms with van der Waals surface area (Å²) in [5.41, 5.74) is 1.01. The molecular formula is C13H20ClNO4S. The SMILES string of the molecule is COCC(C)N(C)S(=O)(=O)c1cc(Cl)cc(CO)c1C. The van der Waals surface area contributed by atoms with Crippen LogP contribution in [0.4, 0.5) is 0 Å². The molecule has 1 unspecified atom stereocenters. The van der Waals surface area contributed by atoms with Crippen LogP contribution in [-0.2, 0) is 21.4 Å². The number of halogens is 1. The number of aliphatic hydroxyl groups excluding tert-OH is 1. The van der Waals surface area contributed by atoms with E-state index in [0.29, 0.717) is 17.7 Å². The molecule has 0 saturated carbocycles. The number of nitrogens with zero attached hydrogens (tertiary/aromatic N) is 1. The predicted molar refractivity (Wildman–Crippen MR) is 78.4 cm³/mol. The van der Waals surface area contributed by atoms with Crippen LogP contribution in [0.15, 0.2) is 17.0 Å². The van der Waals surface area contributed by atoms with Crippen molar-refractivity contribution < 1.29 is 18.3 Å². The third-order valence-electron chi connectivity index (χ3n) is 3.29. The van der Waals surface area contributed by atoms with E-state index in [9.17, 15) is 13.5 Å². The summed E-state index contributed by atoms with van der Waals surface area (Å²) in [4.78, 5) is 0.111. The van der Waals surface area contributed by atoms with E-state index in [1.165, 1.54) is 24.5 Å². The van der Waals surface area contributed by atoms with Crippen molar-refractivity contribution >= 4 is 21.6 Å². The van der Waals surface area contributed by atoms with Crippen molar-refractivity contribution in [2.45, 2.75) is 31.4 Å². The molecule has 0 bridgehead atoms. The number of benzene rings is 1. The molecule has 0 aliphatic rings. The molecule has 7 heteroatoms. The molecule has 1 N–H and O–H groups in total. The Morgan fingerprint density at radius 2 is 2.05 bits per heavy atom. The highest BCUT2D eigenvalue weighted by Crippen LogP contribution is 2.27. The van der Waals surface area contributed by atoms with Crippen molar-refractivity contribution in [1.82, 2.24) is 4.31 Å². The first-order valence-electron chi connectivity index (χ1n) is 6.12. The van der Waals surface area contributed by atoms with E-state index >= 15 is 0 Å². The molecule has 5 nitrogen and oxygen atoms in total. The largest absolute Gasteiger partial charge is 0.392 e. The van der Waals surface area contributed by atoms with Gasteiger partial charge in [0.05, 0.1) is 18.1 Å². The molecule has 1 aromatic carbocycles. The maximum Gasteiger partial charge on any atom is 0.243 e. The summed E-state index contributed by atoms with van der Waals surface area (Å²) < 4.78 is 31.5. The number of methoxy groups -OCH3 is 1. The van der Waals surface area contributed by atoms with E-state index in [0.717, 1.165) is 0 Å². The lowest BCUT2D eigenvalue weighted by Gasteiger charge is -2.25. The first-order valence-corrected chi connectivity index (χ1v) is 7.94. The zero-order chi connectivity index (χ0) is 15.5. The maximum absolute atomic E-state index is 12.6. The molecule has 1 rings (SSSR count). The van der Waals surface area contributed by atoms with Crippen molar-refractivity contribution in [3.05, 3.63) is 28.3 Å². The molecule has 0 amide bonds. The Hall–Kier alpha value is -0.660. The smallest absolute Gasteiger partial charge is 0.243 e. The van der Waals surface area contributed by atoms with Gasteiger partial charge in [-0.1, -0.05) is 11.6 Å². The van der Waals surface area contributed by atoms with Gasteiger partial charge in [-0.3, -0.25) is 0 Å². The van der Waals surface area contributed by atoms with E-state index < -0.39 is 10.0 Å². The van der Waals surface area contributed by atoms with Crippen LogP contribution in [0, 0.1) is 6.92 Å². The minimum Gasteiger partial charge on any atom is -0.392 e. The van der Waals surface area contributed by atoms with Gasteiger partial charge >= 0.3 is 0 Å². The Kier molecular flexibility index (Phi) is 5.97. The van der Waals surface area contributed by atoms with Crippen LogP contribution in [0.3, 0.4) is 0 Å². The van der Waals surface area contributed by atoms with Gasteiger partial charge in [-0.05, 0) is 37.1 Å². The van der Waals surface area contributed by atoms with Gasteiger partial charge in [-0.15, -0.1) is 0 Å². The topological polar surface area (TPSA) is 66.8 Å². The van der Waals surface area contributed by atoms with Gasteiger partial charge in [0.1, 0.15) is 0 Å². The fourth-order valence-corrected chi connectivity index (χ4v) is 3.82. The minimum absolute atomic E-state index is 0.111. The number of ether oxygens (including phenoxy) is 1. The Morgan fingerprint density at radius 3 is 2.55 bits per heavy atom. The average molecular weight is 322 g/mol. The lowest BCUT2D eigenvalue weighted by Crippen LogP contribution is -2.38. The Labute approximate surface area is 125 Å². The average Bonchev–Trinajstić information content (AvgIpc) is 2.40. The van der Waals surface area contributed by atoms with Gasteiger partial charge in [0.2, 0.25) is 10.0 Å². The summed E-state index contributed by atoms with van der Waals surface area (Å²) in [6.45, 7) is 3.45. The van der Waals surface area contributed by atoms with Gasteiger partial charge in [-0.25, -0.2) is 8.42 Å². The number of rotatable bonds is 6. The van der Waals surface area contributed by atoms with Crippen LogP contribution in [-0.4, -0.2) is 44.6 Å². The van der Waals surface area contributed by atoms with Crippen LogP contribution in [0.2, 0.25) is 5.02 Å². The van der Waals surface area contributed by atoms with E-state index in [-0.39, 0.29) is 22.6 Å². The summed E-state index contributed by atoms with van der Waals surface area (Å²) in [6, 6.07) is 2.66. The molecule has 0 aromatic heterocycles. The molecule has 0 aliphatic carbocycles. The third kappa shape index (κ3) is 3.51. The second kappa shape index (κ2) is 6.87. The molecule has 0 heterocycles. The normalized spacial score (nSPS) is 13.8. The highest BCUT2D eigenvalue weighted by Gasteiger charge is 2.28. The van der Waals surface area contributed by atoms with E-state index in [1.807, 2.05) is 0 Å². The molecule has 1 aromatic rings. The van der Waals surface area contributed by atoms with Crippen LogP contribution < -0.4 is 0 Å². The van der Waals surface area contributed by atoms with Crippen molar-refractivity contribution in [3.8, 4) is 0 Å². The maximum atomic E-state index is 12.6. The molecule has 0 radical (unpaired) electrons. The standard InChI is InChI=1S/C13H20ClNO4S/c1-9(8-19-4)15(3)20(17,18)13-6-12(14)5-11(7-16)10(13)2/h5-6,9,16H,7-8H2,1-4H3. The number of aliphatic hydroxyl groups is 1. The Bertz CT molecular complexity index is 574. The molecule has 1 atom stereocenters. The first kappa shape index (κ1) is 17.4. The van der Waals surface area contributed by atoms with Crippen molar-refractivity contribution in [2.75, 3.05) is 20.8 Å². The number of likely N-dealkylation sites (N-methyl/N-ethyl adjacent to an activating group) is 1. The monoisotopic (exact) mass is 321 g/mol. The number of hydrogen-bond acceptors (Lipinski definition) is 4. The summed E-state index contributed by atoms with van der Waals surface area (Å²) in [7, 11) is -0.671. The third-order valence-corrected chi connectivity index (χ3v) is 5.60. The molecule has 20 heavy (non-hydrogen) atoms. The summed E-state index contributed by atoms with van der Waals surface area (Å²) in [5, 5.41) is 9.56. The summed E-state index contributed by atoms with van der Waals surface area (Å²) >= 11 is 5.93. The van der Waals surface area contributed by atoms with Gasteiger partial charge in [-0.2, -0.15) is 4.31 Å². The summed E-state index contributed by atoms with van der Waals surface area (Å²) in [6.07, 6.45) is 0. The van der Waals surface area contributed by atoms with Crippen molar-refractivity contribution in [1.29, 1.82) is 0 Å². The second-order valence-electron chi connectivity index (χ2n) is 4.67. The Balaban J connectivity index is 3.32. The molecule has 0 spiro atoms. The van der Waals surface area contributed by atoms with Gasteiger partial charge < -0.3 is 9.84 Å².